The summed E-state index contributed by atoms with van der Waals surface area (Å²) in [6, 6.07) is 3.81. The van der Waals surface area contributed by atoms with Crippen LogP contribution in [-0.2, 0) is 0 Å². The summed E-state index contributed by atoms with van der Waals surface area (Å²) in [5, 5.41) is 0.410. The molecule has 1 aromatic rings. The smallest absolute Gasteiger partial charge is 0.254 e. The van der Waals surface area contributed by atoms with Crippen molar-refractivity contribution in [3.8, 4) is 11.5 Å². The van der Waals surface area contributed by atoms with Crippen molar-refractivity contribution in [2.24, 2.45) is 5.92 Å². The maximum atomic E-state index is 13.0. The van der Waals surface area contributed by atoms with Crippen LogP contribution in [0, 0.1) is 5.92 Å². The number of amides is 1. The highest BCUT2D eigenvalue weighted by molar-refractivity contribution is 6.32. The van der Waals surface area contributed by atoms with Crippen molar-refractivity contribution in [3.63, 3.8) is 0 Å². The van der Waals surface area contributed by atoms with Crippen LogP contribution in [0.15, 0.2) is 12.1 Å². The van der Waals surface area contributed by atoms with Crippen LogP contribution in [0.3, 0.4) is 0 Å². The molecule has 0 bridgehead atoms. The molecule has 1 heterocycles. The molecule has 2 aliphatic rings. The summed E-state index contributed by atoms with van der Waals surface area (Å²) in [5.74, 6) is 1.70. The number of halogens is 1. The van der Waals surface area contributed by atoms with E-state index in [1.54, 1.807) is 26.4 Å². The third-order valence-electron chi connectivity index (χ3n) is 5.18. The SMILES string of the molecule is COc1cc(C(=O)N2CCCC3CCCCC32)cc(Cl)c1OC. The Morgan fingerprint density at radius 1 is 1.13 bits per heavy atom. The minimum atomic E-state index is 0.0597. The fourth-order valence-corrected chi connectivity index (χ4v) is 4.37. The topological polar surface area (TPSA) is 38.8 Å². The molecule has 0 aromatic heterocycles. The number of ether oxygens (including phenoxy) is 2. The maximum absolute atomic E-state index is 13.0. The molecule has 3 rings (SSSR count). The number of methoxy groups -OCH3 is 2. The fourth-order valence-electron chi connectivity index (χ4n) is 4.08. The number of hydrogen-bond donors (Lipinski definition) is 0. The van der Waals surface area contributed by atoms with Gasteiger partial charge in [-0.15, -0.1) is 0 Å². The summed E-state index contributed by atoms with van der Waals surface area (Å²) in [4.78, 5) is 15.1. The van der Waals surface area contributed by atoms with Gasteiger partial charge in [-0.25, -0.2) is 0 Å². The van der Waals surface area contributed by atoms with Crippen LogP contribution < -0.4 is 9.47 Å². The van der Waals surface area contributed by atoms with Crippen molar-refractivity contribution in [3.05, 3.63) is 22.7 Å². The molecule has 2 fully saturated rings. The standard InChI is InChI=1S/C18H24ClNO3/c1-22-16-11-13(10-14(19)17(16)23-2)18(21)20-9-5-7-12-6-3-4-8-15(12)20/h10-12,15H,3-9H2,1-2H3. The van der Waals surface area contributed by atoms with E-state index in [0.29, 0.717) is 34.0 Å². The van der Waals surface area contributed by atoms with Crippen LogP contribution in [0.4, 0.5) is 0 Å². The van der Waals surface area contributed by atoms with Gasteiger partial charge in [-0.2, -0.15) is 0 Å². The summed E-state index contributed by atoms with van der Waals surface area (Å²) < 4.78 is 10.6. The van der Waals surface area contributed by atoms with Gasteiger partial charge in [0.25, 0.3) is 5.91 Å². The van der Waals surface area contributed by atoms with E-state index in [2.05, 4.69) is 4.90 Å². The molecule has 1 saturated carbocycles. The zero-order valence-electron chi connectivity index (χ0n) is 13.8. The third kappa shape index (κ3) is 3.14. The first-order chi connectivity index (χ1) is 11.2. The van der Waals surface area contributed by atoms with E-state index in [9.17, 15) is 4.79 Å². The van der Waals surface area contributed by atoms with Crippen molar-refractivity contribution >= 4 is 17.5 Å². The number of rotatable bonds is 3. The molecule has 1 aliphatic carbocycles. The minimum Gasteiger partial charge on any atom is -0.493 e. The molecule has 23 heavy (non-hydrogen) atoms. The van der Waals surface area contributed by atoms with Gasteiger partial charge in [0.2, 0.25) is 0 Å². The predicted octanol–water partition coefficient (Wildman–Crippen LogP) is 4.15. The normalized spacial score (nSPS) is 24.0. The summed E-state index contributed by atoms with van der Waals surface area (Å²) in [7, 11) is 3.10. The molecule has 126 valence electrons. The van der Waals surface area contributed by atoms with Gasteiger partial charge in [-0.05, 0) is 43.7 Å². The van der Waals surface area contributed by atoms with Gasteiger partial charge < -0.3 is 14.4 Å². The van der Waals surface area contributed by atoms with E-state index < -0.39 is 0 Å². The van der Waals surface area contributed by atoms with Gasteiger partial charge in [0.1, 0.15) is 0 Å². The second-order valence-corrected chi connectivity index (χ2v) is 6.85. The van der Waals surface area contributed by atoms with Crippen LogP contribution >= 0.6 is 11.6 Å². The quantitative estimate of drug-likeness (QED) is 0.831. The predicted molar refractivity (Wildman–Crippen MR) is 90.6 cm³/mol. The number of carbonyl (C=O) groups excluding carboxylic acids is 1. The Balaban J connectivity index is 1.88. The molecular formula is C18H24ClNO3. The zero-order chi connectivity index (χ0) is 16.4. The molecular weight excluding hydrogens is 314 g/mol. The Labute approximate surface area is 142 Å². The van der Waals surface area contributed by atoms with E-state index in [0.717, 1.165) is 19.4 Å². The van der Waals surface area contributed by atoms with Gasteiger partial charge >= 0.3 is 0 Å². The van der Waals surface area contributed by atoms with Crippen molar-refractivity contribution < 1.29 is 14.3 Å². The van der Waals surface area contributed by atoms with E-state index in [1.165, 1.54) is 25.7 Å². The van der Waals surface area contributed by atoms with Gasteiger partial charge in [0.15, 0.2) is 11.5 Å². The molecule has 2 unspecified atom stereocenters. The average molecular weight is 338 g/mol. The second-order valence-electron chi connectivity index (χ2n) is 6.45. The molecule has 1 amide bonds. The van der Waals surface area contributed by atoms with Gasteiger partial charge in [0.05, 0.1) is 19.2 Å². The lowest BCUT2D eigenvalue weighted by Gasteiger charge is -2.44. The van der Waals surface area contributed by atoms with Gasteiger partial charge in [-0.1, -0.05) is 24.4 Å². The molecule has 1 saturated heterocycles. The van der Waals surface area contributed by atoms with E-state index >= 15 is 0 Å². The Hall–Kier alpha value is -1.42. The van der Waals surface area contributed by atoms with Gasteiger partial charge in [-0.3, -0.25) is 4.79 Å². The van der Waals surface area contributed by atoms with Gasteiger partial charge in [0, 0.05) is 18.2 Å². The fraction of sp³-hybridized carbons (Fsp3) is 0.611. The molecule has 2 atom stereocenters. The number of hydrogen-bond acceptors (Lipinski definition) is 3. The van der Waals surface area contributed by atoms with Crippen LogP contribution in [0.5, 0.6) is 11.5 Å². The number of nitrogens with zero attached hydrogens (tertiary/aromatic N) is 1. The van der Waals surface area contributed by atoms with E-state index in [1.807, 2.05) is 0 Å². The van der Waals surface area contributed by atoms with Crippen molar-refractivity contribution in [2.45, 2.75) is 44.6 Å². The second kappa shape index (κ2) is 7.00. The maximum Gasteiger partial charge on any atom is 0.254 e. The van der Waals surface area contributed by atoms with E-state index in [4.69, 9.17) is 21.1 Å². The lowest BCUT2D eigenvalue weighted by Crippen LogP contribution is -2.49. The van der Waals surface area contributed by atoms with Crippen molar-refractivity contribution in [1.29, 1.82) is 0 Å². The molecule has 0 radical (unpaired) electrons. The molecule has 5 heteroatoms. The lowest BCUT2D eigenvalue weighted by atomic mass is 9.78. The van der Waals surface area contributed by atoms with Crippen molar-refractivity contribution in [1.82, 2.24) is 4.90 Å². The summed E-state index contributed by atoms with van der Waals surface area (Å²) in [5.41, 5.74) is 0.582. The molecule has 4 nitrogen and oxygen atoms in total. The number of carbonyl (C=O) groups is 1. The number of benzene rings is 1. The Bertz CT molecular complexity index is 588. The van der Waals surface area contributed by atoms with Crippen LogP contribution in [-0.4, -0.2) is 37.6 Å². The summed E-state index contributed by atoms with van der Waals surface area (Å²) in [6.45, 7) is 0.839. The Kier molecular flexibility index (Phi) is 5.00. The monoisotopic (exact) mass is 337 g/mol. The number of likely N-dealkylation sites (tertiary alicyclic amines) is 1. The lowest BCUT2D eigenvalue weighted by molar-refractivity contribution is 0.0390. The molecule has 0 N–H and O–H groups in total. The molecule has 1 aromatic carbocycles. The van der Waals surface area contributed by atoms with Crippen LogP contribution in [0.2, 0.25) is 5.02 Å². The number of fused-ring (bicyclic) bond motifs is 1. The Morgan fingerprint density at radius 3 is 2.61 bits per heavy atom. The number of piperidine rings is 1. The van der Waals surface area contributed by atoms with Crippen LogP contribution in [0.1, 0.15) is 48.9 Å². The largest absolute Gasteiger partial charge is 0.493 e. The highest BCUT2D eigenvalue weighted by Crippen LogP contribution is 2.39. The molecule has 1 aliphatic heterocycles. The highest BCUT2D eigenvalue weighted by Gasteiger charge is 2.36. The highest BCUT2D eigenvalue weighted by atomic mass is 35.5. The third-order valence-corrected chi connectivity index (χ3v) is 5.47. The zero-order valence-corrected chi connectivity index (χ0v) is 14.6. The van der Waals surface area contributed by atoms with Crippen LogP contribution in [0.25, 0.3) is 0 Å². The first-order valence-electron chi connectivity index (χ1n) is 8.38. The summed E-state index contributed by atoms with van der Waals surface area (Å²) >= 11 is 6.26. The average Bonchev–Trinajstić information content (AvgIpc) is 2.59. The Morgan fingerprint density at radius 2 is 1.87 bits per heavy atom. The first kappa shape index (κ1) is 16.4. The minimum absolute atomic E-state index is 0.0597. The summed E-state index contributed by atoms with van der Waals surface area (Å²) in [6.07, 6.45) is 7.23. The van der Waals surface area contributed by atoms with E-state index in [-0.39, 0.29) is 5.91 Å². The first-order valence-corrected chi connectivity index (χ1v) is 8.76. The van der Waals surface area contributed by atoms with Crippen molar-refractivity contribution in [2.75, 3.05) is 20.8 Å². The molecule has 0 spiro atoms.